The van der Waals surface area contributed by atoms with Gasteiger partial charge in [-0.3, -0.25) is 4.79 Å². The van der Waals surface area contributed by atoms with Gasteiger partial charge in [-0.15, -0.1) is 0 Å². The van der Waals surface area contributed by atoms with Crippen LogP contribution in [0, 0.1) is 11.8 Å². The van der Waals surface area contributed by atoms with Gasteiger partial charge in [-0.25, -0.2) is 0 Å². The van der Waals surface area contributed by atoms with Crippen molar-refractivity contribution in [2.45, 2.75) is 25.8 Å². The second kappa shape index (κ2) is 6.63. The third kappa shape index (κ3) is 4.05. The molecule has 1 fully saturated rings. The number of halogens is 1. The standard InChI is InChI=1S/C19H21ClN2O/c1-12-10-17(12)19(14-4-6-15(20)7-5-14)22-18(23)11-13-2-8-16(21)9-3-13/h2-9,12,17,19H,10-11,21H2,1H3,(H,22,23). The molecule has 1 aliphatic carbocycles. The molecular weight excluding hydrogens is 308 g/mol. The summed E-state index contributed by atoms with van der Waals surface area (Å²) in [5.41, 5.74) is 8.47. The Morgan fingerprint density at radius 2 is 1.83 bits per heavy atom. The lowest BCUT2D eigenvalue weighted by molar-refractivity contribution is -0.121. The van der Waals surface area contributed by atoms with Gasteiger partial charge in [0, 0.05) is 10.7 Å². The highest BCUT2D eigenvalue weighted by atomic mass is 35.5. The maximum atomic E-state index is 12.4. The van der Waals surface area contributed by atoms with E-state index in [1.807, 2.05) is 48.5 Å². The molecule has 3 atom stereocenters. The molecule has 120 valence electrons. The van der Waals surface area contributed by atoms with Gasteiger partial charge < -0.3 is 11.1 Å². The van der Waals surface area contributed by atoms with Crippen molar-refractivity contribution in [1.82, 2.24) is 5.32 Å². The summed E-state index contributed by atoms with van der Waals surface area (Å²) in [6, 6.07) is 15.3. The fourth-order valence-electron chi connectivity index (χ4n) is 2.97. The van der Waals surface area contributed by atoms with E-state index in [2.05, 4.69) is 12.2 Å². The van der Waals surface area contributed by atoms with Crippen molar-refractivity contribution in [1.29, 1.82) is 0 Å². The normalized spacial score (nSPS) is 20.8. The van der Waals surface area contributed by atoms with Crippen LogP contribution in [-0.2, 0) is 11.2 Å². The molecule has 1 amide bonds. The first-order valence-corrected chi connectivity index (χ1v) is 8.30. The van der Waals surface area contributed by atoms with Gasteiger partial charge in [0.2, 0.25) is 5.91 Å². The van der Waals surface area contributed by atoms with Gasteiger partial charge in [-0.05, 0) is 53.6 Å². The van der Waals surface area contributed by atoms with E-state index in [0.717, 1.165) is 17.5 Å². The number of nitrogen functional groups attached to an aromatic ring is 1. The average Bonchev–Trinajstić information content (AvgIpc) is 3.25. The molecule has 0 saturated heterocycles. The Bertz CT molecular complexity index is 682. The molecule has 3 unspecified atom stereocenters. The van der Waals surface area contributed by atoms with Gasteiger partial charge in [0.1, 0.15) is 0 Å². The Morgan fingerprint density at radius 1 is 1.22 bits per heavy atom. The molecule has 3 rings (SSSR count). The summed E-state index contributed by atoms with van der Waals surface area (Å²) in [6.45, 7) is 2.22. The molecule has 1 saturated carbocycles. The highest BCUT2D eigenvalue weighted by molar-refractivity contribution is 6.30. The van der Waals surface area contributed by atoms with Gasteiger partial charge in [-0.2, -0.15) is 0 Å². The van der Waals surface area contributed by atoms with Gasteiger partial charge in [0.15, 0.2) is 0 Å². The number of hydrogen-bond acceptors (Lipinski definition) is 2. The smallest absolute Gasteiger partial charge is 0.224 e. The zero-order chi connectivity index (χ0) is 16.4. The van der Waals surface area contributed by atoms with Gasteiger partial charge >= 0.3 is 0 Å². The molecule has 23 heavy (non-hydrogen) atoms. The minimum atomic E-state index is 0.0359. The second-order valence-electron chi connectivity index (χ2n) is 6.39. The minimum absolute atomic E-state index is 0.0359. The monoisotopic (exact) mass is 328 g/mol. The van der Waals surface area contributed by atoms with E-state index in [1.165, 1.54) is 0 Å². The van der Waals surface area contributed by atoms with Crippen LogP contribution in [0.5, 0.6) is 0 Å². The first-order valence-electron chi connectivity index (χ1n) is 7.92. The maximum absolute atomic E-state index is 12.4. The summed E-state index contributed by atoms with van der Waals surface area (Å²) in [4.78, 5) is 12.4. The quantitative estimate of drug-likeness (QED) is 0.816. The molecular formula is C19H21ClN2O. The van der Waals surface area contributed by atoms with Crippen molar-refractivity contribution in [3.05, 3.63) is 64.7 Å². The number of carbonyl (C=O) groups is 1. The summed E-state index contributed by atoms with van der Waals surface area (Å²) in [6.07, 6.45) is 1.51. The van der Waals surface area contributed by atoms with Crippen LogP contribution in [0.1, 0.15) is 30.5 Å². The number of carbonyl (C=O) groups excluding carboxylic acids is 1. The highest BCUT2D eigenvalue weighted by Crippen LogP contribution is 2.47. The summed E-state index contributed by atoms with van der Waals surface area (Å²) >= 11 is 5.97. The van der Waals surface area contributed by atoms with E-state index in [4.69, 9.17) is 17.3 Å². The number of amides is 1. The molecule has 0 heterocycles. The highest BCUT2D eigenvalue weighted by Gasteiger charge is 2.40. The molecule has 0 spiro atoms. The van der Waals surface area contributed by atoms with Crippen molar-refractivity contribution >= 4 is 23.2 Å². The fourth-order valence-corrected chi connectivity index (χ4v) is 3.09. The average molecular weight is 329 g/mol. The summed E-state index contributed by atoms with van der Waals surface area (Å²) in [7, 11) is 0. The number of hydrogen-bond donors (Lipinski definition) is 2. The van der Waals surface area contributed by atoms with E-state index >= 15 is 0 Å². The predicted molar refractivity (Wildman–Crippen MR) is 94.2 cm³/mol. The van der Waals surface area contributed by atoms with E-state index in [0.29, 0.717) is 29.0 Å². The zero-order valence-corrected chi connectivity index (χ0v) is 13.9. The fraction of sp³-hybridized carbons (Fsp3) is 0.316. The van der Waals surface area contributed by atoms with E-state index < -0.39 is 0 Å². The Labute approximate surface area is 141 Å². The number of nitrogens with one attached hydrogen (secondary N) is 1. The maximum Gasteiger partial charge on any atom is 0.224 e. The van der Waals surface area contributed by atoms with Crippen LogP contribution in [0.3, 0.4) is 0 Å². The first kappa shape index (κ1) is 15.9. The molecule has 1 aliphatic rings. The largest absolute Gasteiger partial charge is 0.399 e. The van der Waals surface area contributed by atoms with Crippen LogP contribution in [0.25, 0.3) is 0 Å². The summed E-state index contributed by atoms with van der Waals surface area (Å²) < 4.78 is 0. The van der Waals surface area contributed by atoms with Gasteiger partial charge in [-0.1, -0.05) is 42.8 Å². The lowest BCUT2D eigenvalue weighted by atomic mass is 10.0. The second-order valence-corrected chi connectivity index (χ2v) is 6.83. The van der Waals surface area contributed by atoms with Crippen molar-refractivity contribution in [2.75, 3.05) is 5.73 Å². The third-order valence-corrected chi connectivity index (χ3v) is 4.74. The van der Waals surface area contributed by atoms with Crippen LogP contribution in [0.4, 0.5) is 5.69 Å². The Hall–Kier alpha value is -2.00. The molecule has 0 bridgehead atoms. The number of anilines is 1. The number of benzene rings is 2. The van der Waals surface area contributed by atoms with Crippen LogP contribution >= 0.6 is 11.6 Å². The topological polar surface area (TPSA) is 55.1 Å². The SMILES string of the molecule is CC1CC1C(NC(=O)Cc1ccc(N)cc1)c1ccc(Cl)cc1. The lowest BCUT2D eigenvalue weighted by Crippen LogP contribution is -2.31. The van der Waals surface area contributed by atoms with E-state index in [1.54, 1.807) is 0 Å². The van der Waals surface area contributed by atoms with Gasteiger partial charge in [0.25, 0.3) is 0 Å². The van der Waals surface area contributed by atoms with E-state index in [9.17, 15) is 4.79 Å². The van der Waals surface area contributed by atoms with Crippen LogP contribution < -0.4 is 11.1 Å². The minimum Gasteiger partial charge on any atom is -0.399 e. The molecule has 0 aromatic heterocycles. The van der Waals surface area contributed by atoms with Crippen molar-refractivity contribution in [2.24, 2.45) is 11.8 Å². The molecule has 4 heteroatoms. The zero-order valence-electron chi connectivity index (χ0n) is 13.1. The van der Waals surface area contributed by atoms with Crippen LogP contribution in [0.2, 0.25) is 5.02 Å². The first-order chi connectivity index (χ1) is 11.0. The predicted octanol–water partition coefficient (Wildman–Crippen LogP) is 3.98. The number of rotatable bonds is 5. The molecule has 3 N–H and O–H groups in total. The van der Waals surface area contributed by atoms with Crippen molar-refractivity contribution < 1.29 is 4.79 Å². The molecule has 0 aliphatic heterocycles. The lowest BCUT2D eigenvalue weighted by Gasteiger charge is -2.19. The third-order valence-electron chi connectivity index (χ3n) is 4.49. The van der Waals surface area contributed by atoms with Gasteiger partial charge in [0.05, 0.1) is 12.5 Å². The van der Waals surface area contributed by atoms with Crippen molar-refractivity contribution in [3.63, 3.8) is 0 Å². The Morgan fingerprint density at radius 3 is 2.39 bits per heavy atom. The summed E-state index contributed by atoms with van der Waals surface area (Å²) in [5, 5.41) is 3.91. The molecule has 3 nitrogen and oxygen atoms in total. The van der Waals surface area contributed by atoms with Crippen LogP contribution in [-0.4, -0.2) is 5.91 Å². The van der Waals surface area contributed by atoms with Crippen LogP contribution in [0.15, 0.2) is 48.5 Å². The number of nitrogens with two attached hydrogens (primary N) is 1. The Balaban J connectivity index is 1.69. The molecule has 2 aromatic rings. The Kier molecular flexibility index (Phi) is 4.58. The summed E-state index contributed by atoms with van der Waals surface area (Å²) in [5.74, 6) is 1.19. The molecule has 2 aromatic carbocycles. The van der Waals surface area contributed by atoms with E-state index in [-0.39, 0.29) is 11.9 Å². The molecule has 0 radical (unpaired) electrons. The van der Waals surface area contributed by atoms with Crippen molar-refractivity contribution in [3.8, 4) is 0 Å².